The molecule has 18 heavy (non-hydrogen) atoms. The van der Waals surface area contributed by atoms with Crippen LogP contribution in [0.5, 0.6) is 0 Å². The van der Waals surface area contributed by atoms with Crippen LogP contribution in [0.2, 0.25) is 0 Å². The van der Waals surface area contributed by atoms with Crippen LogP contribution in [0.1, 0.15) is 21.8 Å². The maximum absolute atomic E-state index is 13.0. The summed E-state index contributed by atoms with van der Waals surface area (Å²) in [5.41, 5.74) is 0.642. The van der Waals surface area contributed by atoms with Gasteiger partial charge in [0.2, 0.25) is 0 Å². The SMILES string of the molecule is Cc1cc(COC(=O)c2cc(F)ccc2Br)no1. The van der Waals surface area contributed by atoms with Gasteiger partial charge in [0.15, 0.2) is 0 Å². The maximum Gasteiger partial charge on any atom is 0.339 e. The first kappa shape index (κ1) is 12.8. The second-order valence-electron chi connectivity index (χ2n) is 3.63. The van der Waals surface area contributed by atoms with Crippen molar-refractivity contribution in [3.63, 3.8) is 0 Å². The molecule has 0 saturated heterocycles. The molecular weight excluding hydrogens is 305 g/mol. The van der Waals surface area contributed by atoms with Gasteiger partial charge in [-0.3, -0.25) is 0 Å². The second kappa shape index (κ2) is 5.30. The van der Waals surface area contributed by atoms with Crippen LogP contribution in [0.3, 0.4) is 0 Å². The number of carbonyl (C=O) groups excluding carboxylic acids is 1. The molecule has 1 aromatic carbocycles. The second-order valence-corrected chi connectivity index (χ2v) is 4.48. The highest BCUT2D eigenvalue weighted by molar-refractivity contribution is 9.10. The van der Waals surface area contributed by atoms with Crippen molar-refractivity contribution in [1.82, 2.24) is 5.16 Å². The molecule has 0 radical (unpaired) electrons. The van der Waals surface area contributed by atoms with E-state index in [0.717, 1.165) is 6.07 Å². The third kappa shape index (κ3) is 2.95. The van der Waals surface area contributed by atoms with Gasteiger partial charge in [-0.05, 0) is 41.1 Å². The van der Waals surface area contributed by atoms with E-state index in [9.17, 15) is 9.18 Å². The van der Waals surface area contributed by atoms with Gasteiger partial charge in [-0.15, -0.1) is 0 Å². The van der Waals surface area contributed by atoms with E-state index in [1.165, 1.54) is 12.1 Å². The van der Waals surface area contributed by atoms with Crippen LogP contribution in [0.4, 0.5) is 4.39 Å². The molecule has 0 aliphatic rings. The lowest BCUT2D eigenvalue weighted by Crippen LogP contribution is -2.06. The minimum absolute atomic E-state index is 0.0148. The van der Waals surface area contributed by atoms with Crippen molar-refractivity contribution in [2.45, 2.75) is 13.5 Å². The minimum Gasteiger partial charge on any atom is -0.455 e. The molecule has 0 bridgehead atoms. The summed E-state index contributed by atoms with van der Waals surface area (Å²) in [5.74, 6) is -0.488. The van der Waals surface area contributed by atoms with E-state index in [2.05, 4.69) is 21.1 Å². The Labute approximate surface area is 111 Å². The highest BCUT2D eigenvalue weighted by Gasteiger charge is 2.13. The molecule has 0 amide bonds. The maximum atomic E-state index is 13.0. The van der Waals surface area contributed by atoms with E-state index in [-0.39, 0.29) is 12.2 Å². The molecule has 1 aromatic heterocycles. The lowest BCUT2D eigenvalue weighted by molar-refractivity contribution is 0.0462. The summed E-state index contributed by atoms with van der Waals surface area (Å²) < 4.78 is 23.3. The van der Waals surface area contributed by atoms with Crippen molar-refractivity contribution in [2.24, 2.45) is 0 Å². The number of ether oxygens (including phenoxy) is 1. The molecular formula is C12H9BrFNO3. The van der Waals surface area contributed by atoms with Crippen LogP contribution in [-0.2, 0) is 11.3 Å². The standard InChI is InChI=1S/C12H9BrFNO3/c1-7-4-9(15-18-7)6-17-12(16)10-5-8(14)2-3-11(10)13/h2-5H,6H2,1H3. The Kier molecular flexibility index (Phi) is 3.76. The van der Waals surface area contributed by atoms with Crippen molar-refractivity contribution in [3.05, 3.63) is 51.6 Å². The normalized spacial score (nSPS) is 10.4. The summed E-state index contributed by atoms with van der Waals surface area (Å²) >= 11 is 3.16. The largest absolute Gasteiger partial charge is 0.455 e. The average molecular weight is 314 g/mol. The Morgan fingerprint density at radius 1 is 1.50 bits per heavy atom. The summed E-state index contributed by atoms with van der Waals surface area (Å²) in [4.78, 5) is 11.7. The quantitative estimate of drug-likeness (QED) is 0.816. The number of benzene rings is 1. The number of carbonyl (C=O) groups is 1. The van der Waals surface area contributed by atoms with Gasteiger partial charge in [0, 0.05) is 10.5 Å². The lowest BCUT2D eigenvalue weighted by Gasteiger charge is -2.04. The van der Waals surface area contributed by atoms with Gasteiger partial charge in [-0.1, -0.05) is 5.16 Å². The molecule has 0 fully saturated rings. The summed E-state index contributed by atoms with van der Waals surface area (Å²) in [7, 11) is 0. The van der Waals surface area contributed by atoms with Gasteiger partial charge in [-0.2, -0.15) is 0 Å². The monoisotopic (exact) mass is 313 g/mol. The Morgan fingerprint density at radius 3 is 2.94 bits per heavy atom. The van der Waals surface area contributed by atoms with Gasteiger partial charge in [-0.25, -0.2) is 9.18 Å². The smallest absolute Gasteiger partial charge is 0.339 e. The number of aryl methyl sites for hydroxylation is 1. The predicted molar refractivity (Wildman–Crippen MR) is 64.5 cm³/mol. The van der Waals surface area contributed by atoms with Crippen molar-refractivity contribution in [3.8, 4) is 0 Å². The van der Waals surface area contributed by atoms with Gasteiger partial charge < -0.3 is 9.26 Å². The third-order valence-electron chi connectivity index (χ3n) is 2.18. The molecule has 0 aliphatic carbocycles. The number of aromatic nitrogens is 1. The van der Waals surface area contributed by atoms with Crippen molar-refractivity contribution >= 4 is 21.9 Å². The van der Waals surface area contributed by atoms with Gasteiger partial charge in [0.05, 0.1) is 5.56 Å². The molecule has 0 N–H and O–H groups in total. The molecule has 0 atom stereocenters. The van der Waals surface area contributed by atoms with Gasteiger partial charge in [0.1, 0.15) is 23.9 Å². The molecule has 6 heteroatoms. The van der Waals surface area contributed by atoms with E-state index in [0.29, 0.717) is 15.9 Å². The molecule has 4 nitrogen and oxygen atoms in total. The summed E-state index contributed by atoms with van der Waals surface area (Å²) in [5, 5.41) is 3.68. The average Bonchev–Trinajstić information content (AvgIpc) is 2.75. The molecule has 2 rings (SSSR count). The van der Waals surface area contributed by atoms with Crippen molar-refractivity contribution in [1.29, 1.82) is 0 Å². The number of hydrogen-bond acceptors (Lipinski definition) is 4. The fourth-order valence-electron chi connectivity index (χ4n) is 1.36. The first-order chi connectivity index (χ1) is 8.56. The molecule has 0 unspecified atom stereocenters. The fraction of sp³-hybridized carbons (Fsp3) is 0.167. The molecule has 1 heterocycles. The lowest BCUT2D eigenvalue weighted by atomic mass is 10.2. The Morgan fingerprint density at radius 2 is 2.28 bits per heavy atom. The van der Waals surface area contributed by atoms with Crippen LogP contribution in [0, 0.1) is 12.7 Å². The number of nitrogens with zero attached hydrogens (tertiary/aromatic N) is 1. The summed E-state index contributed by atoms with van der Waals surface area (Å²) in [6.45, 7) is 1.72. The fourth-order valence-corrected chi connectivity index (χ4v) is 1.77. The van der Waals surface area contributed by atoms with Crippen molar-refractivity contribution in [2.75, 3.05) is 0 Å². The summed E-state index contributed by atoms with van der Waals surface area (Å²) in [6, 6.07) is 5.47. The van der Waals surface area contributed by atoms with E-state index in [1.54, 1.807) is 13.0 Å². The Bertz CT molecular complexity index is 582. The van der Waals surface area contributed by atoms with Crippen LogP contribution >= 0.6 is 15.9 Å². The zero-order chi connectivity index (χ0) is 13.1. The highest BCUT2D eigenvalue weighted by atomic mass is 79.9. The van der Waals surface area contributed by atoms with E-state index >= 15 is 0 Å². The van der Waals surface area contributed by atoms with Gasteiger partial charge >= 0.3 is 5.97 Å². The number of hydrogen-bond donors (Lipinski definition) is 0. The van der Waals surface area contributed by atoms with Crippen molar-refractivity contribution < 1.29 is 18.4 Å². The summed E-state index contributed by atoms with van der Waals surface area (Å²) in [6.07, 6.45) is 0. The zero-order valence-corrected chi connectivity index (χ0v) is 11.0. The minimum atomic E-state index is -0.623. The predicted octanol–water partition coefficient (Wildman–Crippen LogP) is 3.24. The molecule has 94 valence electrons. The Balaban J connectivity index is 2.05. The van der Waals surface area contributed by atoms with Crippen LogP contribution in [0.25, 0.3) is 0 Å². The first-order valence-electron chi connectivity index (χ1n) is 5.10. The molecule has 0 aliphatic heterocycles. The van der Waals surface area contributed by atoms with E-state index in [4.69, 9.17) is 9.26 Å². The third-order valence-corrected chi connectivity index (χ3v) is 2.87. The highest BCUT2D eigenvalue weighted by Crippen LogP contribution is 2.19. The van der Waals surface area contributed by atoms with Crippen LogP contribution in [0.15, 0.2) is 33.3 Å². The van der Waals surface area contributed by atoms with Crippen LogP contribution < -0.4 is 0 Å². The topological polar surface area (TPSA) is 52.3 Å². The van der Waals surface area contributed by atoms with Crippen LogP contribution in [-0.4, -0.2) is 11.1 Å². The number of rotatable bonds is 3. The Hall–Kier alpha value is -1.69. The van der Waals surface area contributed by atoms with Gasteiger partial charge in [0.25, 0.3) is 0 Å². The number of esters is 1. The molecule has 0 spiro atoms. The number of halogens is 2. The molecule has 0 saturated carbocycles. The van der Waals surface area contributed by atoms with E-state index < -0.39 is 11.8 Å². The van der Waals surface area contributed by atoms with E-state index in [1.807, 2.05) is 0 Å². The zero-order valence-electron chi connectivity index (χ0n) is 9.44. The molecule has 2 aromatic rings. The first-order valence-corrected chi connectivity index (χ1v) is 5.90.